The first-order chi connectivity index (χ1) is 52.7. The van der Waals surface area contributed by atoms with Crippen molar-refractivity contribution in [2.75, 3.05) is 127 Å². The molecular formula is C78H117Cl5MgN16O14S. The molecule has 0 radical (unpaired) electrons. The molecule has 0 aliphatic carbocycles. The number of carbonyl (C=O) groups excluding carboxylic acids is 5. The standard InChI is InChI=1S/C14H18N2O3.2C12H17N3O.C12H16N2O.C11H14N2O.C6H4N2.C6H12N.C3H5ClO2.CH5NO.CH4.4ClH.Mg.H2O4S/c1-2-19-14(18)16-9-6-11(7-10-16)13(17)12-5-3-4-8-15-12;2*1-16-15-12(10-5-8-13-9-6-10)11-4-2-3-7-14-11;1-14-8-5-10(6-9-14)12(15)11-4-2-3-7-13-11;14-11(9-4-7-12-8-5-9)10-3-1-2-6-13-10;7-5-6-3-1-2-4-8-6;1-7-5-3-2-4-6-7;1-2-6-3(4)5;1-3-2;;;;;;;1-5(2,3)4/h3-5,8,11H,2,6-7,9-10H2,1H3;2*2-4,7,10,13H,5-6,8-9H2,1H3;2-4,7,10H,5-6,8-9H2,1H3;1-3,6,9,12H,4-5,7-8H2;1-4H;2H,3-6H2,1H3;2H2,1H3;2H2,1H3;1H4;4*1H;;(H2,1,2,3,4)/q;;;;;;-1;;;;;;;;+2;/p-1. The van der Waals surface area contributed by atoms with Gasteiger partial charge in [-0.15, -0.1) is 37.2 Å². The number of Topliss-reactive ketones (excluding diaryl/α,β-unsaturated/α-hetero) is 3. The number of hydrogen-bond donors (Lipinski definition) is 6. The molecule has 30 nitrogen and oxygen atoms in total. The third-order valence-electron chi connectivity index (χ3n) is 17.1. The van der Waals surface area contributed by atoms with Crippen LogP contribution in [0.15, 0.2) is 157 Å². The van der Waals surface area contributed by atoms with Crippen LogP contribution in [-0.4, -0.2) is 253 Å². The van der Waals surface area contributed by atoms with E-state index in [0.717, 1.165) is 127 Å². The molecular weight excluding hydrogens is 1620 g/mol. The second kappa shape index (κ2) is 71.0. The van der Waals surface area contributed by atoms with E-state index in [4.69, 9.17) is 48.8 Å². The number of piperidine rings is 6. The summed E-state index contributed by atoms with van der Waals surface area (Å²) < 4.78 is 40.7. The Kier molecular flexibility index (Phi) is 70.5. The van der Waals surface area contributed by atoms with Crippen molar-refractivity contribution in [3.63, 3.8) is 0 Å². The van der Waals surface area contributed by atoms with Gasteiger partial charge in [0, 0.05) is 91.5 Å². The second-order valence-corrected chi connectivity index (χ2v) is 26.2. The monoisotopic (exact) mass is 1730 g/mol. The quantitative estimate of drug-likeness (QED) is 0.0113. The van der Waals surface area contributed by atoms with Crippen LogP contribution in [0.4, 0.5) is 9.59 Å². The van der Waals surface area contributed by atoms with E-state index in [9.17, 15) is 24.0 Å². The van der Waals surface area contributed by atoms with E-state index in [1.165, 1.54) is 33.0 Å². The average molecular weight is 1740 g/mol. The van der Waals surface area contributed by atoms with E-state index in [1.54, 1.807) is 113 Å². The third-order valence-corrected chi connectivity index (χ3v) is 17.2. The van der Waals surface area contributed by atoms with Gasteiger partial charge in [-0.3, -0.25) is 48.4 Å². The molecule has 6 fully saturated rings. The summed E-state index contributed by atoms with van der Waals surface area (Å²) in [7, 11) is 4.18. The summed E-state index contributed by atoms with van der Waals surface area (Å²) in [5.74, 6) is 6.05. The number of halogens is 5. The van der Waals surface area contributed by atoms with Crippen LogP contribution in [0.3, 0.4) is 0 Å². The van der Waals surface area contributed by atoms with Gasteiger partial charge in [0.25, 0.3) is 0 Å². The summed E-state index contributed by atoms with van der Waals surface area (Å²) in [6, 6.07) is 35.3. The van der Waals surface area contributed by atoms with Crippen LogP contribution in [-0.2, 0) is 34.4 Å². The van der Waals surface area contributed by atoms with Gasteiger partial charge in [0.2, 0.25) is 0 Å². The summed E-state index contributed by atoms with van der Waals surface area (Å²) in [5, 5.41) is 26.5. The van der Waals surface area contributed by atoms with Crippen LogP contribution in [0.25, 0.3) is 0 Å². The zero-order valence-corrected chi connectivity index (χ0v) is 72.2. The van der Waals surface area contributed by atoms with E-state index >= 15 is 0 Å². The number of oxime groups is 2. The van der Waals surface area contributed by atoms with Crippen molar-refractivity contribution in [2.45, 2.75) is 98.3 Å². The van der Waals surface area contributed by atoms with Crippen molar-refractivity contribution in [3.05, 3.63) is 187 Å². The Hall–Kier alpha value is -7.11. The zero-order chi connectivity index (χ0) is 79.7. The van der Waals surface area contributed by atoms with Gasteiger partial charge in [0.15, 0.2) is 17.3 Å². The number of carbonyl (C=O) groups is 5. The van der Waals surface area contributed by atoms with Crippen molar-refractivity contribution in [1.82, 2.24) is 60.6 Å². The Labute approximate surface area is 725 Å². The van der Waals surface area contributed by atoms with Crippen LogP contribution in [0.1, 0.15) is 147 Å². The molecule has 0 spiro atoms. The van der Waals surface area contributed by atoms with Crippen LogP contribution in [0.5, 0.6) is 0 Å². The van der Waals surface area contributed by atoms with Gasteiger partial charge in [-0.25, -0.2) is 20.5 Å². The fourth-order valence-electron chi connectivity index (χ4n) is 11.5. The van der Waals surface area contributed by atoms with Crippen molar-refractivity contribution < 1.29 is 77.9 Å². The van der Waals surface area contributed by atoms with Gasteiger partial charge in [0.05, 0.1) is 31.7 Å². The maximum atomic E-state index is 12.2. The molecule has 6 aliphatic heterocycles. The molecule has 6 aromatic rings. The molecule has 0 saturated carbocycles. The largest absolute Gasteiger partial charge is 2.00 e. The van der Waals surface area contributed by atoms with E-state index in [1.807, 2.05) is 72.8 Å². The zero-order valence-electron chi connectivity index (χ0n) is 66.0. The van der Waals surface area contributed by atoms with Crippen molar-refractivity contribution in [1.29, 1.82) is 5.26 Å². The predicted octanol–water partition coefficient (Wildman–Crippen LogP) is 8.50. The SMILES string of the molecule is C.CCOC(=O)Cl.CCOC(=O)N1CCC(C(=O)c2ccccn2)CC1.CN1CCC(C(=O)c2ccccn2)CC1.CN1CC[CH-]CC1.CON.CON=C(c1ccccn1)C1CCNCC1.CON=C(c1ccccn1)C1CCNCC1.Cl.Cl.Cl.N#Cc1ccccn1.O=C(c1ccccn1)C1CCNCC1.O=S(=O)(O)O.[Cl-].[Mg+2]. The first-order valence-electron chi connectivity index (χ1n) is 36.4. The van der Waals surface area contributed by atoms with Crippen LogP contribution in [0.2, 0.25) is 0 Å². The van der Waals surface area contributed by atoms with E-state index in [2.05, 4.69) is 102 Å². The van der Waals surface area contributed by atoms with E-state index in [-0.39, 0.29) is 121 Å². The van der Waals surface area contributed by atoms with Gasteiger partial charge < -0.3 is 73.5 Å². The number of nitrogens with zero attached hydrogens (tertiary/aromatic N) is 12. The van der Waals surface area contributed by atoms with Crippen molar-refractivity contribution in [3.8, 4) is 6.07 Å². The number of nitriles is 1. The number of amides is 1. The number of rotatable bonds is 14. The topological polar surface area (TPSA) is 404 Å². The van der Waals surface area contributed by atoms with Crippen LogP contribution >= 0.6 is 48.8 Å². The van der Waals surface area contributed by atoms with Gasteiger partial charge >= 0.3 is 45.0 Å². The molecule has 0 bridgehead atoms. The second-order valence-electron chi connectivity index (χ2n) is 24.9. The number of likely N-dealkylation sites (tertiary alicyclic amines) is 3. The fraction of sp³-hybridized carbons (Fsp3) is 0.500. The minimum atomic E-state index is -4.67. The predicted molar refractivity (Wildman–Crippen MR) is 452 cm³/mol. The molecule has 1 amide bonds. The van der Waals surface area contributed by atoms with Gasteiger partial charge in [-0.05, 0) is 230 Å². The Balaban J connectivity index is -0.000000610. The summed E-state index contributed by atoms with van der Waals surface area (Å²) in [6.45, 7) is 16.0. The summed E-state index contributed by atoms with van der Waals surface area (Å²) >= 11 is 4.72. The number of pyridine rings is 6. The first kappa shape index (κ1) is 114. The molecule has 12 heterocycles. The van der Waals surface area contributed by atoms with E-state index in [0.29, 0.717) is 73.8 Å². The summed E-state index contributed by atoms with van der Waals surface area (Å²) in [5.41, 5.74) is 5.27. The fourth-order valence-corrected chi connectivity index (χ4v) is 11.7. The molecule has 0 aromatic carbocycles. The maximum Gasteiger partial charge on any atom is 2.00 e. The third kappa shape index (κ3) is 51.6. The van der Waals surface area contributed by atoms with E-state index < -0.39 is 15.8 Å². The minimum absolute atomic E-state index is 0. The summed E-state index contributed by atoms with van der Waals surface area (Å²) in [4.78, 5) is 102. The number of ketones is 3. The number of nitrogens with two attached hydrogens (primary N) is 1. The molecule has 6 saturated heterocycles. The molecule has 6 aromatic heterocycles. The molecule has 0 unspecified atom stereocenters. The van der Waals surface area contributed by atoms with Crippen LogP contribution in [0, 0.1) is 47.3 Å². The molecule has 0 atom stereocenters. The van der Waals surface area contributed by atoms with Gasteiger partial charge in [-0.1, -0.05) is 54.1 Å². The van der Waals surface area contributed by atoms with Crippen molar-refractivity contribution in [2.24, 2.45) is 45.8 Å². The number of aromatic nitrogens is 6. The molecule has 12 rings (SSSR count). The molecule has 7 N–H and O–H groups in total. The smallest absolute Gasteiger partial charge is 1.00 e. The average Bonchev–Trinajstić information content (AvgIpc) is 0.878. The first-order valence-corrected chi connectivity index (χ1v) is 38.2. The Morgan fingerprint density at radius 1 is 0.513 bits per heavy atom. The molecule has 115 heavy (non-hydrogen) atoms. The Morgan fingerprint density at radius 3 is 1.04 bits per heavy atom. The van der Waals surface area contributed by atoms with Gasteiger partial charge in [-0.2, -0.15) is 26.5 Å². The molecule has 37 heteroatoms. The number of hydrogen-bond acceptors (Lipinski definition) is 27. The Morgan fingerprint density at radius 2 is 0.800 bits per heavy atom. The number of nitrogens with one attached hydrogen (secondary N) is 3. The summed E-state index contributed by atoms with van der Waals surface area (Å²) in [6.07, 6.45) is 24.4. The maximum absolute atomic E-state index is 12.2. The van der Waals surface area contributed by atoms with Crippen molar-refractivity contribution >= 4 is 123 Å². The molecule has 6 aliphatic rings. The normalized spacial score (nSPS) is 15.6. The Bertz CT molecular complexity index is 3580. The number of ether oxygens (including phenoxy) is 2. The molecule has 636 valence electrons. The van der Waals surface area contributed by atoms with Gasteiger partial charge in [0.1, 0.15) is 54.5 Å². The van der Waals surface area contributed by atoms with Crippen LogP contribution < -0.4 is 34.3 Å². The minimum Gasteiger partial charge on any atom is -1.00 e.